The Kier molecular flexibility index (Phi) is 7.36. The van der Waals surface area contributed by atoms with E-state index in [0.29, 0.717) is 5.69 Å². The average molecular weight is 484 g/mol. The van der Waals surface area contributed by atoms with Crippen molar-refractivity contribution in [3.05, 3.63) is 88.7 Å². The normalized spacial score (nSPS) is 11.1. The smallest absolute Gasteiger partial charge is 0.261 e. The number of nitrogens with zero attached hydrogens (tertiary/aromatic N) is 1. The summed E-state index contributed by atoms with van der Waals surface area (Å²) in [5.74, 6) is -1.49. The van der Waals surface area contributed by atoms with Crippen LogP contribution < -0.4 is 10.0 Å². The molecule has 0 fully saturated rings. The summed E-state index contributed by atoms with van der Waals surface area (Å²) in [4.78, 5) is 26.4. The zero-order valence-corrected chi connectivity index (χ0v) is 20.2. The number of hydrogen-bond acceptors (Lipinski definition) is 4. The van der Waals surface area contributed by atoms with E-state index in [4.69, 9.17) is 0 Å². The Morgan fingerprint density at radius 1 is 0.941 bits per heavy atom. The lowest BCUT2D eigenvalue weighted by atomic mass is 10.1. The van der Waals surface area contributed by atoms with E-state index in [-0.39, 0.29) is 28.6 Å². The van der Waals surface area contributed by atoms with Gasteiger partial charge in [-0.2, -0.15) is 0 Å². The Labute approximate surface area is 198 Å². The van der Waals surface area contributed by atoms with Crippen molar-refractivity contribution < 1.29 is 22.4 Å². The number of likely N-dealkylation sites (N-methyl/N-ethyl adjacent to an activating group) is 1. The Morgan fingerprint density at radius 2 is 1.53 bits per heavy atom. The second-order valence-corrected chi connectivity index (χ2v) is 9.78. The fourth-order valence-electron chi connectivity index (χ4n) is 3.59. The molecule has 0 bridgehead atoms. The molecule has 0 spiro atoms. The largest absolute Gasteiger partial charge is 0.332 e. The predicted molar refractivity (Wildman–Crippen MR) is 130 cm³/mol. The number of para-hydroxylation sites is 1. The third-order valence-electron chi connectivity index (χ3n) is 5.20. The van der Waals surface area contributed by atoms with Gasteiger partial charge in [-0.25, -0.2) is 12.8 Å². The first-order valence-corrected chi connectivity index (χ1v) is 12.0. The molecule has 3 rings (SSSR count). The summed E-state index contributed by atoms with van der Waals surface area (Å²) in [6.45, 7) is 5.60. The van der Waals surface area contributed by atoms with Crippen LogP contribution in [0.4, 0.5) is 15.8 Å². The standard InChI is InChI=1S/C25H26FN3O4S/c1-16-13-17(2)24(18(3)14-16)27-23(30)15-29(4)25(31)19-9-11-20(12-10-19)34(32,33)28-22-8-6-5-7-21(22)26/h5-14,28H,15H2,1-4H3,(H,27,30). The molecule has 7 nitrogen and oxygen atoms in total. The first-order chi connectivity index (χ1) is 16.0. The Balaban J connectivity index is 1.67. The van der Waals surface area contributed by atoms with Crippen LogP contribution in [0.2, 0.25) is 0 Å². The zero-order valence-electron chi connectivity index (χ0n) is 19.3. The summed E-state index contributed by atoms with van der Waals surface area (Å²) in [6, 6.07) is 14.6. The summed E-state index contributed by atoms with van der Waals surface area (Å²) in [5.41, 5.74) is 3.71. The van der Waals surface area contributed by atoms with E-state index in [0.717, 1.165) is 22.8 Å². The highest BCUT2D eigenvalue weighted by molar-refractivity contribution is 7.92. The van der Waals surface area contributed by atoms with Crippen molar-refractivity contribution in [1.29, 1.82) is 0 Å². The molecule has 178 valence electrons. The molecular weight excluding hydrogens is 457 g/mol. The van der Waals surface area contributed by atoms with E-state index in [1.54, 1.807) is 0 Å². The van der Waals surface area contributed by atoms with Crippen molar-refractivity contribution in [2.75, 3.05) is 23.6 Å². The summed E-state index contributed by atoms with van der Waals surface area (Å²) in [5, 5.41) is 2.85. The fourth-order valence-corrected chi connectivity index (χ4v) is 4.66. The Bertz CT molecular complexity index is 1320. The minimum absolute atomic E-state index is 0.127. The average Bonchev–Trinajstić information content (AvgIpc) is 2.77. The molecule has 3 aromatic rings. The van der Waals surface area contributed by atoms with Crippen LogP contribution in [0.15, 0.2) is 65.6 Å². The van der Waals surface area contributed by atoms with Gasteiger partial charge in [-0.3, -0.25) is 14.3 Å². The van der Waals surface area contributed by atoms with Crippen molar-refractivity contribution in [3.63, 3.8) is 0 Å². The predicted octanol–water partition coefficient (Wildman–Crippen LogP) is 4.26. The third-order valence-corrected chi connectivity index (χ3v) is 6.58. The molecule has 0 aliphatic heterocycles. The molecule has 0 heterocycles. The lowest BCUT2D eigenvalue weighted by molar-refractivity contribution is -0.116. The van der Waals surface area contributed by atoms with Crippen molar-refractivity contribution in [2.24, 2.45) is 0 Å². The van der Waals surface area contributed by atoms with Gasteiger partial charge in [0.2, 0.25) is 5.91 Å². The maximum Gasteiger partial charge on any atom is 0.261 e. The van der Waals surface area contributed by atoms with Gasteiger partial charge in [-0.1, -0.05) is 29.8 Å². The number of carbonyl (C=O) groups is 2. The van der Waals surface area contributed by atoms with E-state index in [1.165, 1.54) is 54.4 Å². The number of carbonyl (C=O) groups excluding carboxylic acids is 2. The lowest BCUT2D eigenvalue weighted by Crippen LogP contribution is -2.35. The molecule has 0 radical (unpaired) electrons. The number of nitrogens with one attached hydrogen (secondary N) is 2. The van der Waals surface area contributed by atoms with E-state index in [2.05, 4.69) is 10.0 Å². The van der Waals surface area contributed by atoms with Crippen LogP contribution in [0.25, 0.3) is 0 Å². The summed E-state index contributed by atoms with van der Waals surface area (Å²) < 4.78 is 41.0. The molecule has 34 heavy (non-hydrogen) atoms. The van der Waals surface area contributed by atoms with E-state index in [9.17, 15) is 22.4 Å². The number of halogens is 1. The van der Waals surface area contributed by atoms with Gasteiger partial charge in [-0.05, 0) is 68.3 Å². The van der Waals surface area contributed by atoms with Gasteiger partial charge in [0.1, 0.15) is 5.82 Å². The first kappa shape index (κ1) is 24.9. The van der Waals surface area contributed by atoms with Gasteiger partial charge in [0.05, 0.1) is 17.1 Å². The number of aryl methyl sites for hydroxylation is 3. The Morgan fingerprint density at radius 3 is 2.12 bits per heavy atom. The van der Waals surface area contributed by atoms with Crippen molar-refractivity contribution in [3.8, 4) is 0 Å². The van der Waals surface area contributed by atoms with Crippen LogP contribution in [0, 0.1) is 26.6 Å². The molecule has 9 heteroatoms. The molecule has 0 unspecified atom stereocenters. The molecule has 0 atom stereocenters. The lowest BCUT2D eigenvalue weighted by Gasteiger charge is -2.19. The number of sulfonamides is 1. The van der Waals surface area contributed by atoms with Crippen LogP contribution >= 0.6 is 0 Å². The molecule has 2 N–H and O–H groups in total. The summed E-state index contributed by atoms with van der Waals surface area (Å²) >= 11 is 0. The zero-order chi connectivity index (χ0) is 25.0. The minimum Gasteiger partial charge on any atom is -0.332 e. The molecule has 0 aromatic heterocycles. The number of rotatable bonds is 7. The molecule has 3 aromatic carbocycles. The van der Waals surface area contributed by atoms with Gasteiger partial charge in [0.15, 0.2) is 0 Å². The van der Waals surface area contributed by atoms with Crippen molar-refractivity contribution in [2.45, 2.75) is 25.7 Å². The maximum atomic E-state index is 13.8. The number of hydrogen-bond donors (Lipinski definition) is 2. The monoisotopic (exact) mass is 483 g/mol. The molecule has 0 saturated carbocycles. The van der Waals surface area contributed by atoms with Gasteiger partial charge in [0, 0.05) is 18.3 Å². The second-order valence-electron chi connectivity index (χ2n) is 8.09. The van der Waals surface area contributed by atoms with Crippen molar-refractivity contribution >= 4 is 33.2 Å². The summed E-state index contributed by atoms with van der Waals surface area (Å²) in [6.07, 6.45) is 0. The fraction of sp³-hybridized carbons (Fsp3) is 0.200. The highest BCUT2D eigenvalue weighted by Crippen LogP contribution is 2.22. The van der Waals surface area contributed by atoms with Gasteiger partial charge < -0.3 is 10.2 Å². The van der Waals surface area contributed by atoms with Crippen LogP contribution in [-0.4, -0.2) is 38.7 Å². The molecular formula is C25H26FN3O4S. The summed E-state index contributed by atoms with van der Waals surface area (Å²) in [7, 11) is -2.56. The topological polar surface area (TPSA) is 95.6 Å². The molecule has 0 saturated heterocycles. The SMILES string of the molecule is Cc1cc(C)c(NC(=O)CN(C)C(=O)c2ccc(S(=O)(=O)Nc3ccccc3F)cc2)c(C)c1. The van der Waals surface area contributed by atoms with Gasteiger partial charge in [-0.15, -0.1) is 0 Å². The number of amides is 2. The second kappa shape index (κ2) is 10.0. The number of anilines is 2. The van der Waals surface area contributed by atoms with Crippen LogP contribution in [0.3, 0.4) is 0 Å². The molecule has 0 aliphatic carbocycles. The van der Waals surface area contributed by atoms with E-state index in [1.807, 2.05) is 32.9 Å². The van der Waals surface area contributed by atoms with Crippen LogP contribution in [0.5, 0.6) is 0 Å². The molecule has 0 aliphatic rings. The van der Waals surface area contributed by atoms with Crippen molar-refractivity contribution in [1.82, 2.24) is 4.90 Å². The first-order valence-electron chi connectivity index (χ1n) is 10.5. The van der Waals surface area contributed by atoms with Gasteiger partial charge >= 0.3 is 0 Å². The minimum atomic E-state index is -4.04. The number of benzene rings is 3. The van der Waals surface area contributed by atoms with Crippen LogP contribution in [0.1, 0.15) is 27.0 Å². The van der Waals surface area contributed by atoms with Crippen LogP contribution in [-0.2, 0) is 14.8 Å². The highest BCUT2D eigenvalue weighted by atomic mass is 32.2. The molecule has 2 amide bonds. The van der Waals surface area contributed by atoms with E-state index >= 15 is 0 Å². The quantitative estimate of drug-likeness (QED) is 0.525. The maximum absolute atomic E-state index is 13.8. The Hall–Kier alpha value is -3.72. The van der Waals surface area contributed by atoms with Gasteiger partial charge in [0.25, 0.3) is 15.9 Å². The van der Waals surface area contributed by atoms with E-state index < -0.39 is 21.7 Å². The highest BCUT2D eigenvalue weighted by Gasteiger charge is 2.19. The third kappa shape index (κ3) is 5.79.